The SMILES string of the molecule is CC(C(=O)NC(CCCN=C(N)N)C(=O)O)n1c(=O)[nH]c2ccccc2c1=O. The molecule has 0 aliphatic carbocycles. The number of para-hydroxylation sites is 1. The highest BCUT2D eigenvalue weighted by Gasteiger charge is 2.25. The number of nitrogens with one attached hydrogen (secondary N) is 2. The third-order valence-electron chi connectivity index (χ3n) is 4.16. The van der Waals surface area contributed by atoms with Crippen molar-refractivity contribution in [2.75, 3.05) is 6.54 Å². The fraction of sp³-hybridized carbons (Fsp3) is 0.353. The molecule has 0 saturated carbocycles. The van der Waals surface area contributed by atoms with E-state index in [0.29, 0.717) is 11.9 Å². The van der Waals surface area contributed by atoms with Crippen molar-refractivity contribution in [3.05, 3.63) is 45.1 Å². The van der Waals surface area contributed by atoms with Crippen LogP contribution in [0.1, 0.15) is 25.8 Å². The van der Waals surface area contributed by atoms with Gasteiger partial charge in [-0.15, -0.1) is 0 Å². The number of aliphatic imine (C=N–C) groups is 1. The predicted octanol–water partition coefficient (Wildman–Crippen LogP) is -1.13. The lowest BCUT2D eigenvalue weighted by molar-refractivity contribution is -0.142. The van der Waals surface area contributed by atoms with Crippen LogP contribution < -0.4 is 28.0 Å². The Morgan fingerprint density at radius 1 is 1.29 bits per heavy atom. The number of aromatic amines is 1. The van der Waals surface area contributed by atoms with Gasteiger partial charge in [0.2, 0.25) is 5.91 Å². The molecule has 28 heavy (non-hydrogen) atoms. The van der Waals surface area contributed by atoms with Crippen molar-refractivity contribution in [1.29, 1.82) is 0 Å². The van der Waals surface area contributed by atoms with E-state index in [0.717, 1.165) is 4.57 Å². The Morgan fingerprint density at radius 3 is 2.61 bits per heavy atom. The van der Waals surface area contributed by atoms with Gasteiger partial charge in [-0.05, 0) is 31.9 Å². The molecule has 2 atom stereocenters. The first kappa shape index (κ1) is 20.7. The second kappa shape index (κ2) is 8.84. The van der Waals surface area contributed by atoms with Crippen molar-refractivity contribution in [1.82, 2.24) is 14.9 Å². The van der Waals surface area contributed by atoms with E-state index < -0.39 is 35.2 Å². The van der Waals surface area contributed by atoms with Crippen LogP contribution in [0.3, 0.4) is 0 Å². The Balaban J connectivity index is 2.20. The van der Waals surface area contributed by atoms with E-state index >= 15 is 0 Å². The highest BCUT2D eigenvalue weighted by molar-refractivity contribution is 5.86. The summed E-state index contributed by atoms with van der Waals surface area (Å²) < 4.78 is 0.760. The molecule has 7 N–H and O–H groups in total. The van der Waals surface area contributed by atoms with Gasteiger partial charge in [-0.1, -0.05) is 12.1 Å². The molecule has 2 aromatic rings. The van der Waals surface area contributed by atoms with Gasteiger partial charge in [-0.2, -0.15) is 0 Å². The van der Waals surface area contributed by atoms with Crippen LogP contribution in [-0.2, 0) is 9.59 Å². The lowest BCUT2D eigenvalue weighted by atomic mass is 10.1. The van der Waals surface area contributed by atoms with Crippen molar-refractivity contribution < 1.29 is 14.7 Å². The van der Waals surface area contributed by atoms with Crippen molar-refractivity contribution in [2.24, 2.45) is 16.5 Å². The van der Waals surface area contributed by atoms with Crippen LogP contribution >= 0.6 is 0 Å². The number of nitrogens with two attached hydrogens (primary N) is 2. The van der Waals surface area contributed by atoms with Crippen molar-refractivity contribution in [3.8, 4) is 0 Å². The van der Waals surface area contributed by atoms with Gasteiger partial charge in [0.05, 0.1) is 10.9 Å². The number of nitrogens with zero attached hydrogens (tertiary/aromatic N) is 2. The molecule has 0 bridgehead atoms. The minimum atomic E-state index is -1.25. The number of carboxylic acids is 1. The number of rotatable bonds is 8. The van der Waals surface area contributed by atoms with E-state index in [4.69, 9.17) is 11.5 Å². The lowest BCUT2D eigenvalue weighted by Gasteiger charge is -2.19. The first-order valence-corrected chi connectivity index (χ1v) is 8.54. The average Bonchev–Trinajstić information content (AvgIpc) is 2.63. The summed E-state index contributed by atoms with van der Waals surface area (Å²) in [6.07, 6.45) is 0.396. The van der Waals surface area contributed by atoms with Crippen molar-refractivity contribution >= 4 is 28.7 Å². The van der Waals surface area contributed by atoms with Crippen molar-refractivity contribution in [3.63, 3.8) is 0 Å². The summed E-state index contributed by atoms with van der Waals surface area (Å²) in [5.41, 5.74) is 9.35. The molecule has 11 heteroatoms. The molecule has 0 spiro atoms. The molecule has 0 radical (unpaired) electrons. The van der Waals surface area contributed by atoms with Crippen LogP contribution in [0.5, 0.6) is 0 Å². The van der Waals surface area contributed by atoms with E-state index in [-0.39, 0.29) is 24.3 Å². The number of carboxylic acid groups (broad SMARTS) is 1. The van der Waals surface area contributed by atoms with Crippen LogP contribution in [0.2, 0.25) is 0 Å². The highest BCUT2D eigenvalue weighted by Crippen LogP contribution is 2.07. The zero-order chi connectivity index (χ0) is 20.8. The zero-order valence-electron chi connectivity index (χ0n) is 15.2. The monoisotopic (exact) mass is 390 g/mol. The first-order chi connectivity index (χ1) is 13.2. The average molecular weight is 390 g/mol. The van der Waals surface area contributed by atoms with Gasteiger partial charge in [0.15, 0.2) is 5.96 Å². The van der Waals surface area contributed by atoms with Crippen LogP contribution in [0.15, 0.2) is 38.8 Å². The summed E-state index contributed by atoms with van der Waals surface area (Å²) in [4.78, 5) is 55.0. The normalized spacial score (nSPS) is 12.9. The molecule has 0 aliphatic rings. The summed E-state index contributed by atoms with van der Waals surface area (Å²) in [5.74, 6) is -2.12. The number of amides is 1. The summed E-state index contributed by atoms with van der Waals surface area (Å²) >= 11 is 0. The highest BCUT2D eigenvalue weighted by atomic mass is 16.4. The smallest absolute Gasteiger partial charge is 0.329 e. The van der Waals surface area contributed by atoms with Crippen LogP contribution in [0.4, 0.5) is 0 Å². The summed E-state index contributed by atoms with van der Waals surface area (Å²) in [5, 5.41) is 11.9. The molecule has 11 nitrogen and oxygen atoms in total. The Hall–Kier alpha value is -3.63. The molecule has 0 aliphatic heterocycles. The number of carbonyl (C=O) groups excluding carboxylic acids is 1. The number of fused-ring (bicyclic) bond motifs is 1. The Morgan fingerprint density at radius 2 is 1.96 bits per heavy atom. The third-order valence-corrected chi connectivity index (χ3v) is 4.16. The maximum absolute atomic E-state index is 12.6. The number of H-pyrrole nitrogens is 1. The van der Waals surface area contributed by atoms with E-state index in [1.807, 2.05) is 0 Å². The largest absolute Gasteiger partial charge is 0.480 e. The number of hydrogen-bond acceptors (Lipinski definition) is 5. The predicted molar refractivity (Wildman–Crippen MR) is 103 cm³/mol. The number of hydrogen-bond donors (Lipinski definition) is 5. The van der Waals surface area contributed by atoms with Crippen LogP contribution in [0.25, 0.3) is 10.9 Å². The summed E-state index contributed by atoms with van der Waals surface area (Å²) in [6, 6.07) is 3.98. The van der Waals surface area contributed by atoms with E-state index in [2.05, 4.69) is 15.3 Å². The molecule has 1 heterocycles. The molecule has 0 saturated heterocycles. The molecular formula is C17H22N6O5. The maximum Gasteiger partial charge on any atom is 0.329 e. The van der Waals surface area contributed by atoms with Gasteiger partial charge >= 0.3 is 11.7 Å². The van der Waals surface area contributed by atoms with Gasteiger partial charge in [0.1, 0.15) is 12.1 Å². The maximum atomic E-state index is 12.6. The molecule has 1 amide bonds. The van der Waals surface area contributed by atoms with Gasteiger partial charge in [-0.3, -0.25) is 14.6 Å². The van der Waals surface area contributed by atoms with Gasteiger partial charge in [-0.25, -0.2) is 14.2 Å². The number of aromatic nitrogens is 2. The Kier molecular flexibility index (Phi) is 6.53. The minimum absolute atomic E-state index is 0.0769. The summed E-state index contributed by atoms with van der Waals surface area (Å²) in [6.45, 7) is 1.56. The second-order valence-electron chi connectivity index (χ2n) is 6.18. The van der Waals surface area contributed by atoms with Gasteiger partial charge in [0, 0.05) is 6.54 Å². The molecule has 150 valence electrons. The lowest BCUT2D eigenvalue weighted by Crippen LogP contribution is -2.48. The number of carbonyl (C=O) groups is 2. The Labute approximate surface area is 159 Å². The molecule has 2 unspecified atom stereocenters. The number of aliphatic carboxylic acids is 1. The zero-order valence-corrected chi connectivity index (χ0v) is 15.2. The topological polar surface area (TPSA) is 186 Å². The number of guanidine groups is 1. The van der Waals surface area contributed by atoms with Crippen LogP contribution in [0, 0.1) is 0 Å². The van der Waals surface area contributed by atoms with Gasteiger partial charge in [0.25, 0.3) is 5.56 Å². The molecule has 1 aromatic heterocycles. The second-order valence-corrected chi connectivity index (χ2v) is 6.18. The van der Waals surface area contributed by atoms with E-state index in [1.54, 1.807) is 18.2 Å². The Bertz CT molecular complexity index is 1020. The number of benzene rings is 1. The quantitative estimate of drug-likeness (QED) is 0.214. The summed E-state index contributed by atoms with van der Waals surface area (Å²) in [7, 11) is 0. The molecule has 1 aromatic carbocycles. The fourth-order valence-electron chi connectivity index (χ4n) is 2.70. The van der Waals surface area contributed by atoms with E-state index in [9.17, 15) is 24.3 Å². The van der Waals surface area contributed by atoms with E-state index in [1.165, 1.54) is 13.0 Å². The molecule has 2 rings (SSSR count). The molecular weight excluding hydrogens is 368 g/mol. The van der Waals surface area contributed by atoms with Gasteiger partial charge < -0.3 is 26.9 Å². The van der Waals surface area contributed by atoms with Crippen molar-refractivity contribution in [2.45, 2.75) is 31.8 Å². The van der Waals surface area contributed by atoms with Crippen LogP contribution in [-0.4, -0.2) is 45.1 Å². The molecule has 0 fully saturated rings. The standard InChI is InChI=1S/C17H22N6O5/c1-9(13(24)21-12(15(26)27)7-4-8-20-16(18)19)23-14(25)10-5-2-3-6-11(10)22-17(23)28/h2-3,5-6,9,12H,4,7-8H2,1H3,(H,21,24)(H,22,28)(H,26,27)(H4,18,19,20). The minimum Gasteiger partial charge on any atom is -0.480 e. The third kappa shape index (κ3) is 4.75. The fourth-order valence-corrected chi connectivity index (χ4v) is 2.70. The first-order valence-electron chi connectivity index (χ1n) is 8.54.